The van der Waals surface area contributed by atoms with Crippen molar-refractivity contribution >= 4 is 46.5 Å². The van der Waals surface area contributed by atoms with Gasteiger partial charge in [0.2, 0.25) is 17.7 Å². The average molecular weight is 598 g/mol. The molecule has 2 aromatic carbocycles. The Morgan fingerprint density at radius 3 is 1.93 bits per heavy atom. The molecule has 43 heavy (non-hydrogen) atoms. The third-order valence-corrected chi connectivity index (χ3v) is 6.47. The Kier molecular flexibility index (Phi) is 10.8. The molecule has 10 N–H and O–H groups in total. The maximum absolute atomic E-state index is 13.3. The van der Waals surface area contributed by atoms with Crippen molar-refractivity contribution in [1.29, 1.82) is 0 Å². The fraction of sp³-hybridized carbons (Fsp3) is 0.286. The van der Waals surface area contributed by atoms with Crippen LogP contribution in [-0.2, 0) is 41.6 Å². The van der Waals surface area contributed by atoms with Crippen molar-refractivity contribution in [3.63, 3.8) is 0 Å². The molecule has 4 unspecified atom stereocenters. The van der Waals surface area contributed by atoms with Crippen molar-refractivity contribution in [2.45, 2.75) is 49.9 Å². The van der Waals surface area contributed by atoms with Crippen molar-refractivity contribution in [3.05, 3.63) is 65.9 Å². The summed E-state index contributed by atoms with van der Waals surface area (Å²) in [6.45, 7) is 0. The number of benzene rings is 2. The number of rotatable bonds is 15. The number of para-hydroxylation sites is 1. The highest BCUT2D eigenvalue weighted by atomic mass is 16.4. The van der Waals surface area contributed by atoms with Crippen molar-refractivity contribution in [2.24, 2.45) is 5.73 Å². The molecule has 3 amide bonds. The van der Waals surface area contributed by atoms with Crippen molar-refractivity contribution < 1.29 is 49.2 Å². The fourth-order valence-corrected chi connectivity index (χ4v) is 4.29. The molecule has 0 aliphatic rings. The zero-order valence-corrected chi connectivity index (χ0v) is 22.6. The van der Waals surface area contributed by atoms with Crippen LogP contribution < -0.4 is 21.7 Å². The van der Waals surface area contributed by atoms with E-state index in [1.54, 1.807) is 30.5 Å². The lowest BCUT2D eigenvalue weighted by molar-refractivity contribution is -0.143. The van der Waals surface area contributed by atoms with Crippen molar-refractivity contribution in [2.75, 3.05) is 0 Å². The van der Waals surface area contributed by atoms with Gasteiger partial charge in [-0.25, -0.2) is 4.79 Å². The summed E-state index contributed by atoms with van der Waals surface area (Å²) < 4.78 is 0. The highest BCUT2D eigenvalue weighted by Gasteiger charge is 2.32. The van der Waals surface area contributed by atoms with Gasteiger partial charge in [0.05, 0.1) is 18.9 Å². The lowest BCUT2D eigenvalue weighted by Crippen LogP contribution is -2.58. The number of phenols is 1. The number of fused-ring (bicyclic) bond motifs is 1. The van der Waals surface area contributed by atoms with Gasteiger partial charge >= 0.3 is 17.9 Å². The number of aliphatic carboxylic acids is 3. The van der Waals surface area contributed by atoms with E-state index in [2.05, 4.69) is 20.9 Å². The van der Waals surface area contributed by atoms with E-state index in [1.165, 1.54) is 24.3 Å². The highest BCUT2D eigenvalue weighted by molar-refractivity contribution is 5.96. The molecule has 15 heteroatoms. The minimum Gasteiger partial charge on any atom is -0.508 e. The van der Waals surface area contributed by atoms with Crippen LogP contribution >= 0.6 is 0 Å². The van der Waals surface area contributed by atoms with Gasteiger partial charge in [0, 0.05) is 29.9 Å². The first-order valence-electron chi connectivity index (χ1n) is 13.0. The summed E-state index contributed by atoms with van der Waals surface area (Å²) in [5, 5.41) is 45.2. The van der Waals surface area contributed by atoms with Gasteiger partial charge in [-0.05, 0) is 29.3 Å². The number of aromatic hydroxyl groups is 1. The predicted octanol–water partition coefficient (Wildman–Crippen LogP) is -0.526. The van der Waals surface area contributed by atoms with Crippen LogP contribution in [0.5, 0.6) is 5.75 Å². The van der Waals surface area contributed by atoms with E-state index >= 15 is 0 Å². The van der Waals surface area contributed by atoms with Gasteiger partial charge in [-0.15, -0.1) is 0 Å². The summed E-state index contributed by atoms with van der Waals surface area (Å²) in [7, 11) is 0. The number of carboxylic acid groups (broad SMARTS) is 3. The van der Waals surface area contributed by atoms with Crippen LogP contribution in [0.25, 0.3) is 10.9 Å². The summed E-state index contributed by atoms with van der Waals surface area (Å²) in [4.78, 5) is 76.5. The summed E-state index contributed by atoms with van der Waals surface area (Å²) >= 11 is 0. The minimum absolute atomic E-state index is 0.0731. The molecule has 0 saturated heterocycles. The topological polar surface area (TPSA) is 261 Å². The Balaban J connectivity index is 1.80. The molecule has 3 aromatic rings. The van der Waals surface area contributed by atoms with E-state index in [9.17, 15) is 44.1 Å². The summed E-state index contributed by atoms with van der Waals surface area (Å²) in [5.41, 5.74) is 7.37. The van der Waals surface area contributed by atoms with Gasteiger partial charge < -0.3 is 47.1 Å². The number of H-pyrrole nitrogens is 1. The number of hydrogen-bond acceptors (Lipinski definition) is 8. The molecule has 0 fully saturated rings. The Morgan fingerprint density at radius 1 is 0.721 bits per heavy atom. The molecule has 0 radical (unpaired) electrons. The average Bonchev–Trinajstić information content (AvgIpc) is 3.35. The van der Waals surface area contributed by atoms with Crippen LogP contribution in [0, 0.1) is 0 Å². The Hall–Kier alpha value is -5.44. The number of carbonyl (C=O) groups is 6. The standard InChI is InChI=1S/C28H31N5O10/c29-18(11-23(35)36)25(39)31-20(9-14-5-7-16(34)8-6-14)26(40)32-21(12-24(37)38)27(41)33-22(28(42)43)10-15-13-30-19-4-2-1-3-17(15)19/h1-8,13,18,20-22,30,34H,9-12,29H2,(H,31,39)(H,32,40)(H,33,41)(H,35,36)(H,37,38)(H,42,43). The first-order valence-corrected chi connectivity index (χ1v) is 13.0. The van der Waals surface area contributed by atoms with Crippen LogP contribution in [-0.4, -0.2) is 85.2 Å². The summed E-state index contributed by atoms with van der Waals surface area (Å²) in [6.07, 6.45) is -0.433. The molecule has 0 aliphatic carbocycles. The molecule has 1 aromatic heterocycles. The fourth-order valence-electron chi connectivity index (χ4n) is 4.29. The molecule has 4 atom stereocenters. The molecule has 228 valence electrons. The minimum atomic E-state index is -1.75. The lowest BCUT2D eigenvalue weighted by Gasteiger charge is -2.24. The second kappa shape index (κ2) is 14.5. The molecular weight excluding hydrogens is 566 g/mol. The largest absolute Gasteiger partial charge is 0.508 e. The molecule has 0 aliphatic heterocycles. The number of amides is 3. The lowest BCUT2D eigenvalue weighted by atomic mass is 10.0. The van der Waals surface area contributed by atoms with Crippen LogP contribution in [0.1, 0.15) is 24.0 Å². The van der Waals surface area contributed by atoms with Gasteiger partial charge in [-0.2, -0.15) is 0 Å². The maximum Gasteiger partial charge on any atom is 0.326 e. The first-order chi connectivity index (χ1) is 20.3. The van der Waals surface area contributed by atoms with Gasteiger partial charge in [-0.1, -0.05) is 30.3 Å². The summed E-state index contributed by atoms with van der Waals surface area (Å²) in [6, 6.07) is 6.42. The van der Waals surface area contributed by atoms with Gasteiger partial charge in [-0.3, -0.25) is 24.0 Å². The van der Waals surface area contributed by atoms with Crippen LogP contribution in [0.2, 0.25) is 0 Å². The Bertz CT molecular complexity index is 1500. The van der Waals surface area contributed by atoms with Gasteiger partial charge in [0.15, 0.2) is 0 Å². The summed E-state index contributed by atoms with van der Waals surface area (Å²) in [5.74, 6) is -7.42. The van der Waals surface area contributed by atoms with E-state index in [-0.39, 0.29) is 18.6 Å². The number of carboxylic acids is 3. The number of aromatic amines is 1. The molecule has 0 saturated carbocycles. The quantitative estimate of drug-likeness (QED) is 0.108. The third kappa shape index (κ3) is 9.29. The van der Waals surface area contributed by atoms with Crippen LogP contribution in [0.4, 0.5) is 0 Å². The molecule has 1 heterocycles. The van der Waals surface area contributed by atoms with E-state index in [0.717, 1.165) is 10.9 Å². The predicted molar refractivity (Wildman–Crippen MR) is 150 cm³/mol. The zero-order valence-electron chi connectivity index (χ0n) is 22.6. The van der Waals surface area contributed by atoms with E-state index in [1.807, 2.05) is 0 Å². The van der Waals surface area contributed by atoms with Gasteiger partial charge in [0.25, 0.3) is 0 Å². The number of nitrogens with one attached hydrogen (secondary N) is 4. The second-order valence-corrected chi connectivity index (χ2v) is 9.76. The van der Waals surface area contributed by atoms with E-state index in [4.69, 9.17) is 10.8 Å². The SMILES string of the molecule is NC(CC(=O)O)C(=O)NC(Cc1ccc(O)cc1)C(=O)NC(CC(=O)O)C(=O)NC(Cc1c[nH]c2ccccc12)C(=O)O. The molecule has 15 nitrogen and oxygen atoms in total. The van der Waals surface area contributed by atoms with Crippen molar-refractivity contribution in [1.82, 2.24) is 20.9 Å². The Labute approximate surface area is 244 Å². The second-order valence-electron chi connectivity index (χ2n) is 9.76. The molecule has 3 rings (SSSR count). The van der Waals surface area contributed by atoms with E-state index < -0.39 is 72.6 Å². The normalized spacial score (nSPS) is 13.7. The number of phenolic OH excluding ortho intramolecular Hbond substituents is 1. The number of aromatic nitrogens is 1. The van der Waals surface area contributed by atoms with Gasteiger partial charge in [0.1, 0.15) is 23.9 Å². The van der Waals surface area contributed by atoms with E-state index in [0.29, 0.717) is 11.1 Å². The number of carbonyl (C=O) groups excluding carboxylic acids is 3. The van der Waals surface area contributed by atoms with Crippen molar-refractivity contribution in [3.8, 4) is 5.75 Å². The zero-order chi connectivity index (χ0) is 31.7. The third-order valence-electron chi connectivity index (χ3n) is 6.47. The monoisotopic (exact) mass is 597 g/mol. The smallest absolute Gasteiger partial charge is 0.326 e. The first kappa shape index (κ1) is 32.1. The van der Waals surface area contributed by atoms with Crippen LogP contribution in [0.15, 0.2) is 54.7 Å². The highest BCUT2D eigenvalue weighted by Crippen LogP contribution is 2.19. The molecule has 0 bridgehead atoms. The maximum atomic E-state index is 13.3. The molecular formula is C28H31N5O10. The Morgan fingerprint density at radius 2 is 1.30 bits per heavy atom. The number of nitrogens with two attached hydrogens (primary N) is 1. The number of hydrogen-bond donors (Lipinski definition) is 9. The molecule has 0 spiro atoms. The van der Waals surface area contributed by atoms with Crippen LogP contribution in [0.3, 0.4) is 0 Å².